The zero-order valence-electron chi connectivity index (χ0n) is 9.52. The van der Waals surface area contributed by atoms with Crippen molar-refractivity contribution in [1.29, 1.82) is 0 Å². The van der Waals surface area contributed by atoms with Crippen LogP contribution in [0.3, 0.4) is 0 Å². The van der Waals surface area contributed by atoms with Crippen molar-refractivity contribution >= 4 is 5.95 Å². The average Bonchev–Trinajstić information content (AvgIpc) is 2.32. The smallest absolute Gasteiger partial charge is 0.240 e. The predicted molar refractivity (Wildman–Crippen MR) is 61.9 cm³/mol. The molecule has 5 heteroatoms. The number of anilines is 1. The Balaban J connectivity index is 1.93. The Labute approximate surface area is 95.4 Å². The molecule has 3 N–H and O–H groups in total. The van der Waals surface area contributed by atoms with E-state index in [1.807, 2.05) is 0 Å². The van der Waals surface area contributed by atoms with E-state index in [0.29, 0.717) is 11.8 Å². The minimum atomic E-state index is 0.289. The van der Waals surface area contributed by atoms with Crippen molar-refractivity contribution in [3.8, 4) is 5.88 Å². The van der Waals surface area contributed by atoms with Gasteiger partial charge in [-0.15, -0.1) is 0 Å². The molecule has 1 aliphatic rings. The second-order valence-corrected chi connectivity index (χ2v) is 4.36. The van der Waals surface area contributed by atoms with E-state index < -0.39 is 0 Å². The van der Waals surface area contributed by atoms with Crippen LogP contribution >= 0.6 is 0 Å². The Kier molecular flexibility index (Phi) is 3.56. The fraction of sp³-hybridized carbons (Fsp3) is 0.636. The minimum absolute atomic E-state index is 0.289. The molecule has 0 aliphatic heterocycles. The van der Waals surface area contributed by atoms with Gasteiger partial charge < -0.3 is 4.74 Å². The first-order valence-electron chi connectivity index (χ1n) is 5.74. The minimum Gasteiger partial charge on any atom is -0.474 e. The molecular formula is C11H18N4O. The van der Waals surface area contributed by atoms with Crippen molar-refractivity contribution in [3.63, 3.8) is 0 Å². The van der Waals surface area contributed by atoms with Crippen LogP contribution in [0, 0.1) is 5.92 Å². The first kappa shape index (κ1) is 11.1. The molecular weight excluding hydrogens is 204 g/mol. The van der Waals surface area contributed by atoms with Crippen LogP contribution in [0.25, 0.3) is 0 Å². The van der Waals surface area contributed by atoms with Gasteiger partial charge in [0.1, 0.15) is 6.10 Å². The molecule has 1 heterocycles. The highest BCUT2D eigenvalue weighted by Crippen LogP contribution is 2.26. The summed E-state index contributed by atoms with van der Waals surface area (Å²) in [4.78, 5) is 8.07. The highest BCUT2D eigenvalue weighted by molar-refractivity contribution is 5.25. The second-order valence-electron chi connectivity index (χ2n) is 4.36. The second kappa shape index (κ2) is 5.12. The van der Waals surface area contributed by atoms with Crippen LogP contribution in [0.1, 0.15) is 32.6 Å². The Morgan fingerprint density at radius 1 is 1.38 bits per heavy atom. The van der Waals surface area contributed by atoms with Gasteiger partial charge in [0.05, 0.1) is 0 Å². The van der Waals surface area contributed by atoms with Crippen LogP contribution in [0.4, 0.5) is 5.95 Å². The Bertz CT molecular complexity index is 337. The summed E-state index contributed by atoms with van der Waals surface area (Å²) in [7, 11) is 0. The van der Waals surface area contributed by atoms with Crippen molar-refractivity contribution < 1.29 is 4.74 Å². The molecule has 5 nitrogen and oxygen atoms in total. The molecule has 0 radical (unpaired) electrons. The SMILES string of the molecule is CC1CCC(Oc2ccnc(NN)n2)CC1. The van der Waals surface area contributed by atoms with Crippen LogP contribution in [-0.2, 0) is 0 Å². The average molecular weight is 222 g/mol. The number of nitrogens with zero attached hydrogens (tertiary/aromatic N) is 2. The lowest BCUT2D eigenvalue weighted by molar-refractivity contribution is 0.130. The molecule has 0 unspecified atom stereocenters. The van der Waals surface area contributed by atoms with Gasteiger partial charge in [-0.2, -0.15) is 4.98 Å². The van der Waals surface area contributed by atoms with E-state index in [9.17, 15) is 0 Å². The van der Waals surface area contributed by atoms with Gasteiger partial charge in [0.2, 0.25) is 11.8 Å². The summed E-state index contributed by atoms with van der Waals surface area (Å²) in [6.07, 6.45) is 6.61. The molecule has 16 heavy (non-hydrogen) atoms. The molecule has 0 saturated heterocycles. The van der Waals surface area contributed by atoms with Crippen molar-refractivity contribution in [2.24, 2.45) is 11.8 Å². The van der Waals surface area contributed by atoms with Crippen LogP contribution < -0.4 is 16.0 Å². The maximum Gasteiger partial charge on any atom is 0.240 e. The molecule has 88 valence electrons. The van der Waals surface area contributed by atoms with E-state index in [-0.39, 0.29) is 6.10 Å². The Hall–Kier alpha value is -1.36. The third-order valence-corrected chi connectivity index (χ3v) is 3.01. The molecule has 1 aromatic heterocycles. The van der Waals surface area contributed by atoms with E-state index in [0.717, 1.165) is 18.8 Å². The van der Waals surface area contributed by atoms with Gasteiger partial charge in [-0.05, 0) is 31.6 Å². The van der Waals surface area contributed by atoms with Gasteiger partial charge >= 0.3 is 0 Å². The summed E-state index contributed by atoms with van der Waals surface area (Å²) in [6.45, 7) is 2.29. The first-order valence-corrected chi connectivity index (χ1v) is 5.74. The van der Waals surface area contributed by atoms with Gasteiger partial charge in [0.15, 0.2) is 0 Å². The lowest BCUT2D eigenvalue weighted by Crippen LogP contribution is -2.23. The summed E-state index contributed by atoms with van der Waals surface area (Å²) < 4.78 is 5.80. The summed E-state index contributed by atoms with van der Waals surface area (Å²) >= 11 is 0. The number of hydrazine groups is 1. The monoisotopic (exact) mass is 222 g/mol. The number of nitrogens with one attached hydrogen (secondary N) is 1. The topological polar surface area (TPSA) is 73.1 Å². The van der Waals surface area contributed by atoms with Gasteiger partial charge in [-0.1, -0.05) is 6.92 Å². The number of rotatable bonds is 3. The number of nitrogen functional groups attached to an aromatic ring is 1. The number of nitrogens with two attached hydrogens (primary N) is 1. The van der Waals surface area contributed by atoms with E-state index in [2.05, 4.69) is 22.3 Å². The molecule has 0 spiro atoms. The number of hydrogen-bond donors (Lipinski definition) is 2. The molecule has 1 fully saturated rings. The molecule has 1 aliphatic carbocycles. The summed E-state index contributed by atoms with van der Waals surface area (Å²) in [6, 6.07) is 1.76. The molecule has 0 amide bonds. The summed E-state index contributed by atoms with van der Waals surface area (Å²) in [5, 5.41) is 0. The lowest BCUT2D eigenvalue weighted by Gasteiger charge is -2.26. The lowest BCUT2D eigenvalue weighted by atomic mass is 9.89. The van der Waals surface area contributed by atoms with Crippen LogP contribution in [0.2, 0.25) is 0 Å². The van der Waals surface area contributed by atoms with Gasteiger partial charge in [0.25, 0.3) is 0 Å². The zero-order chi connectivity index (χ0) is 11.4. The van der Waals surface area contributed by atoms with E-state index in [1.54, 1.807) is 12.3 Å². The largest absolute Gasteiger partial charge is 0.474 e. The van der Waals surface area contributed by atoms with E-state index >= 15 is 0 Å². The summed E-state index contributed by atoms with van der Waals surface area (Å²) in [5.41, 5.74) is 2.41. The number of aromatic nitrogens is 2. The molecule has 0 aromatic carbocycles. The maximum atomic E-state index is 5.80. The van der Waals surface area contributed by atoms with E-state index in [1.165, 1.54) is 12.8 Å². The predicted octanol–water partition coefficient (Wildman–Crippen LogP) is 1.72. The number of ether oxygens (including phenoxy) is 1. The summed E-state index contributed by atoms with van der Waals surface area (Å²) in [5.74, 6) is 7.05. The van der Waals surface area contributed by atoms with Crippen LogP contribution in [0.15, 0.2) is 12.3 Å². The van der Waals surface area contributed by atoms with Crippen molar-refractivity contribution in [2.75, 3.05) is 5.43 Å². The first-order chi connectivity index (χ1) is 7.78. The standard InChI is InChI=1S/C11H18N4O/c1-8-2-4-9(5-3-8)16-10-6-7-13-11(14-10)15-12/h6-9H,2-5,12H2,1H3,(H,13,14,15). The molecule has 0 bridgehead atoms. The van der Waals surface area contributed by atoms with E-state index in [4.69, 9.17) is 10.6 Å². The molecule has 2 rings (SSSR count). The van der Waals surface area contributed by atoms with Crippen LogP contribution in [-0.4, -0.2) is 16.1 Å². The highest BCUT2D eigenvalue weighted by Gasteiger charge is 2.19. The highest BCUT2D eigenvalue weighted by atomic mass is 16.5. The fourth-order valence-corrected chi connectivity index (χ4v) is 2.00. The number of hydrogen-bond acceptors (Lipinski definition) is 5. The van der Waals surface area contributed by atoms with Crippen molar-refractivity contribution in [1.82, 2.24) is 9.97 Å². The quantitative estimate of drug-likeness (QED) is 0.601. The third-order valence-electron chi connectivity index (χ3n) is 3.01. The molecule has 1 saturated carbocycles. The van der Waals surface area contributed by atoms with Gasteiger partial charge in [-0.3, -0.25) is 5.43 Å². The fourth-order valence-electron chi connectivity index (χ4n) is 2.00. The van der Waals surface area contributed by atoms with Gasteiger partial charge in [-0.25, -0.2) is 10.8 Å². The Morgan fingerprint density at radius 3 is 2.81 bits per heavy atom. The Morgan fingerprint density at radius 2 is 2.12 bits per heavy atom. The van der Waals surface area contributed by atoms with Crippen molar-refractivity contribution in [2.45, 2.75) is 38.7 Å². The maximum absolute atomic E-state index is 5.80. The van der Waals surface area contributed by atoms with Crippen LogP contribution in [0.5, 0.6) is 5.88 Å². The normalized spacial score (nSPS) is 25.1. The molecule has 0 atom stereocenters. The third kappa shape index (κ3) is 2.82. The molecule has 1 aromatic rings. The van der Waals surface area contributed by atoms with Gasteiger partial charge in [0, 0.05) is 12.3 Å². The zero-order valence-corrected chi connectivity index (χ0v) is 9.52. The van der Waals surface area contributed by atoms with Crippen molar-refractivity contribution in [3.05, 3.63) is 12.3 Å².